The monoisotopic (exact) mass is 1090 g/mol. The summed E-state index contributed by atoms with van der Waals surface area (Å²) in [6.45, 7) is 9.62. The van der Waals surface area contributed by atoms with Crippen LogP contribution < -0.4 is 0 Å². The average Bonchev–Trinajstić information content (AvgIpc) is 3.39. The normalized spacial score (nSPS) is 13.8. The van der Waals surface area contributed by atoms with Crippen LogP contribution in [0.25, 0.3) is 165 Å². The van der Waals surface area contributed by atoms with Crippen LogP contribution in [-0.4, -0.2) is 0 Å². The molecule has 15 aromatic rings. The van der Waals surface area contributed by atoms with E-state index in [9.17, 15) is 0 Å². The van der Waals surface area contributed by atoms with Gasteiger partial charge in [0, 0.05) is 10.8 Å². The summed E-state index contributed by atoms with van der Waals surface area (Å²) in [5.74, 6) is 0. The maximum Gasteiger partial charge on any atom is 0.0159 e. The van der Waals surface area contributed by atoms with E-state index in [1.165, 1.54) is 188 Å². The zero-order valence-electron chi connectivity index (χ0n) is 48.6. The van der Waals surface area contributed by atoms with Crippen LogP contribution in [0.5, 0.6) is 0 Å². The Morgan fingerprint density at radius 1 is 0.174 bits per heavy atom. The van der Waals surface area contributed by atoms with Crippen molar-refractivity contribution < 1.29 is 0 Å². The molecule has 0 spiro atoms. The van der Waals surface area contributed by atoms with E-state index in [1.54, 1.807) is 0 Å². The number of benzene rings is 15. The van der Waals surface area contributed by atoms with Gasteiger partial charge in [-0.15, -0.1) is 0 Å². The minimum Gasteiger partial charge on any atom is -0.0616 e. The lowest BCUT2D eigenvalue weighted by Crippen LogP contribution is -2.15. The van der Waals surface area contributed by atoms with E-state index < -0.39 is 0 Å². The Kier molecular flexibility index (Phi) is 10.3. The van der Waals surface area contributed by atoms with Gasteiger partial charge in [0.1, 0.15) is 0 Å². The molecule has 0 radical (unpaired) electrons. The molecule has 0 aliphatic heterocycles. The fourth-order valence-electron chi connectivity index (χ4n) is 15.6. The highest BCUT2D eigenvalue weighted by Crippen LogP contribution is 2.54. The third-order valence-corrected chi connectivity index (χ3v) is 20.3. The van der Waals surface area contributed by atoms with E-state index in [4.69, 9.17) is 0 Å². The van der Waals surface area contributed by atoms with Gasteiger partial charge in [-0.3, -0.25) is 0 Å². The molecule has 0 bridgehead atoms. The largest absolute Gasteiger partial charge is 0.0616 e. The van der Waals surface area contributed by atoms with Crippen LogP contribution in [0, 0.1) is 0 Å². The highest BCUT2D eigenvalue weighted by atomic mass is 14.4. The Balaban J connectivity index is 0.571. The summed E-state index contributed by atoms with van der Waals surface area (Å²) in [5.41, 5.74) is 33.3. The smallest absolute Gasteiger partial charge is 0.0159 e. The predicted octanol–water partition coefficient (Wildman–Crippen LogP) is 23.7. The molecule has 0 saturated heterocycles. The molecule has 0 heteroatoms. The molecular formula is C86H58. The van der Waals surface area contributed by atoms with Crippen molar-refractivity contribution in [3.05, 3.63) is 301 Å². The first-order valence-electron chi connectivity index (χ1n) is 30.4. The average molecular weight is 1090 g/mol. The lowest BCUT2D eigenvalue weighted by Gasteiger charge is -2.24. The zero-order valence-corrected chi connectivity index (χ0v) is 48.6. The van der Waals surface area contributed by atoms with Crippen molar-refractivity contribution in [3.63, 3.8) is 0 Å². The highest BCUT2D eigenvalue weighted by molar-refractivity contribution is 6.25. The number of fused-ring (bicyclic) bond motifs is 9. The second-order valence-corrected chi connectivity index (χ2v) is 25.5. The van der Waals surface area contributed by atoms with E-state index >= 15 is 0 Å². The van der Waals surface area contributed by atoms with Crippen LogP contribution >= 0.6 is 0 Å². The fraction of sp³-hybridized carbons (Fsp3) is 0.0698. The van der Waals surface area contributed by atoms with Crippen molar-refractivity contribution in [2.75, 3.05) is 0 Å². The first-order valence-corrected chi connectivity index (χ1v) is 30.4. The second kappa shape index (κ2) is 18.1. The van der Waals surface area contributed by atoms with E-state index in [0.717, 1.165) is 0 Å². The Morgan fingerprint density at radius 2 is 0.453 bits per heavy atom. The van der Waals surface area contributed by atoms with Gasteiger partial charge in [0.05, 0.1) is 0 Å². The molecule has 0 nitrogen and oxygen atoms in total. The third-order valence-electron chi connectivity index (χ3n) is 20.3. The predicted molar refractivity (Wildman–Crippen MR) is 365 cm³/mol. The van der Waals surface area contributed by atoms with Gasteiger partial charge in [0.15, 0.2) is 0 Å². The summed E-state index contributed by atoms with van der Waals surface area (Å²) in [7, 11) is 0. The summed E-state index contributed by atoms with van der Waals surface area (Å²) in [6.07, 6.45) is 0. The molecule has 0 aromatic heterocycles. The minimum absolute atomic E-state index is 0.159. The molecule has 15 aromatic carbocycles. The van der Waals surface area contributed by atoms with Crippen molar-refractivity contribution in [1.82, 2.24) is 0 Å². The standard InChI is InChI=1S/C86H58/c1-85(2)78-47-62(55-21-19-53(20-22-55)51-15-17-52(18-16-51)54-23-27-57(28-24-54)66-39-33-61-32-31-59-9-7-10-60-34-44-76(66)83(61)82(59)60)35-40-70(78)72-42-37-64(49-80(72)85)65-38-43-73-71-41-36-63(48-79(71)86(3,4)81(73)50-65)56-25-29-58(30-26-56)67-45-46-77-69-12-6-5-11-68(69)75-14-8-13-74(67)84(75)77/h5-50H,1-4H3. The molecule has 0 heterocycles. The minimum atomic E-state index is -0.161. The van der Waals surface area contributed by atoms with Crippen molar-refractivity contribution >= 4 is 43.1 Å². The Hall–Kier alpha value is -10.4. The summed E-state index contributed by atoms with van der Waals surface area (Å²) in [6, 6.07) is 106. The van der Waals surface area contributed by atoms with Gasteiger partial charge < -0.3 is 0 Å². The van der Waals surface area contributed by atoms with Crippen molar-refractivity contribution in [1.29, 1.82) is 0 Å². The van der Waals surface area contributed by atoms with Crippen molar-refractivity contribution in [2.45, 2.75) is 38.5 Å². The van der Waals surface area contributed by atoms with Crippen LogP contribution in [-0.2, 0) is 10.8 Å². The molecule has 0 saturated carbocycles. The Labute approximate surface area is 502 Å². The van der Waals surface area contributed by atoms with Crippen LogP contribution in [0.1, 0.15) is 49.9 Å². The van der Waals surface area contributed by atoms with E-state index in [0.29, 0.717) is 0 Å². The van der Waals surface area contributed by atoms with E-state index in [2.05, 4.69) is 307 Å². The molecular weight excluding hydrogens is 1030 g/mol. The molecule has 18 rings (SSSR count). The second-order valence-electron chi connectivity index (χ2n) is 25.5. The molecule has 0 N–H and O–H groups in total. The molecule has 0 fully saturated rings. The van der Waals surface area contributed by atoms with Crippen LogP contribution in [0.2, 0.25) is 0 Å². The first kappa shape index (κ1) is 49.1. The molecule has 0 atom stereocenters. The topological polar surface area (TPSA) is 0 Å². The van der Waals surface area contributed by atoms with Gasteiger partial charge in [-0.1, -0.05) is 282 Å². The van der Waals surface area contributed by atoms with E-state index in [1.807, 2.05) is 0 Å². The lowest BCUT2D eigenvalue weighted by atomic mass is 9.79. The Morgan fingerprint density at radius 3 is 0.895 bits per heavy atom. The summed E-state index contributed by atoms with van der Waals surface area (Å²) in [5, 5.41) is 10.6. The van der Waals surface area contributed by atoms with Gasteiger partial charge in [0.2, 0.25) is 0 Å². The van der Waals surface area contributed by atoms with Gasteiger partial charge in [-0.25, -0.2) is 0 Å². The Bertz CT molecular complexity index is 5290. The maximum absolute atomic E-state index is 2.47. The highest BCUT2D eigenvalue weighted by Gasteiger charge is 2.38. The van der Waals surface area contributed by atoms with Crippen molar-refractivity contribution in [3.8, 4) is 122 Å². The van der Waals surface area contributed by atoms with Crippen molar-refractivity contribution in [2.24, 2.45) is 0 Å². The fourth-order valence-corrected chi connectivity index (χ4v) is 15.6. The van der Waals surface area contributed by atoms with Crippen LogP contribution in [0.15, 0.2) is 279 Å². The lowest BCUT2D eigenvalue weighted by molar-refractivity contribution is 0.660. The summed E-state index contributed by atoms with van der Waals surface area (Å²) >= 11 is 0. The summed E-state index contributed by atoms with van der Waals surface area (Å²) < 4.78 is 0. The number of rotatable bonds is 7. The zero-order chi connectivity index (χ0) is 57.2. The molecule has 86 heavy (non-hydrogen) atoms. The molecule has 0 amide bonds. The first-order chi connectivity index (χ1) is 42.1. The van der Waals surface area contributed by atoms with E-state index in [-0.39, 0.29) is 10.8 Å². The van der Waals surface area contributed by atoms with Gasteiger partial charge in [0.25, 0.3) is 0 Å². The van der Waals surface area contributed by atoms with Gasteiger partial charge in [-0.2, -0.15) is 0 Å². The van der Waals surface area contributed by atoms with Gasteiger partial charge >= 0.3 is 0 Å². The maximum atomic E-state index is 2.47. The number of hydrogen-bond acceptors (Lipinski definition) is 0. The molecule has 402 valence electrons. The third kappa shape index (κ3) is 7.17. The van der Waals surface area contributed by atoms with Crippen LogP contribution in [0.4, 0.5) is 0 Å². The van der Waals surface area contributed by atoms with Gasteiger partial charge in [-0.05, 0) is 212 Å². The SMILES string of the molecule is CC1(C)c2cc(-c3ccc(-c4ccc(-c5ccc(-c6ccc7ccc8cccc9ccc6c7c89)cc5)cc4)cc3)ccc2-c2ccc(-c3ccc4c(c3)C(C)(C)c3cc(-c5ccc(-c6ccc7c8c(cccc68)-c6ccccc6-7)cc5)ccc3-4)cc21. The molecule has 3 aliphatic carbocycles. The molecule has 3 aliphatic rings. The summed E-state index contributed by atoms with van der Waals surface area (Å²) in [4.78, 5) is 0. The quantitative estimate of drug-likeness (QED) is 0.140. The number of hydrogen-bond donors (Lipinski definition) is 0. The molecule has 0 unspecified atom stereocenters. The van der Waals surface area contributed by atoms with Crippen LogP contribution in [0.3, 0.4) is 0 Å².